The molecule has 4 rings (SSSR count). The average molecular weight is 448 g/mol. The first-order valence-corrected chi connectivity index (χ1v) is 10.8. The Morgan fingerprint density at radius 1 is 1.19 bits per heavy atom. The summed E-state index contributed by atoms with van der Waals surface area (Å²) in [7, 11) is 2.09. The molecule has 1 saturated heterocycles. The second kappa shape index (κ2) is 8.97. The number of alkyl halides is 2. The first-order valence-electron chi connectivity index (χ1n) is 10.8. The van der Waals surface area contributed by atoms with Gasteiger partial charge in [-0.05, 0) is 38.6 Å². The minimum Gasteiger partial charge on any atom is -0.381 e. The lowest BCUT2D eigenvalue weighted by Crippen LogP contribution is -2.46. The highest BCUT2D eigenvalue weighted by Gasteiger charge is 2.41. The Kier molecular flexibility index (Phi) is 6.28. The highest BCUT2D eigenvalue weighted by atomic mass is 19.3. The van der Waals surface area contributed by atoms with Crippen LogP contribution in [0.3, 0.4) is 0 Å². The van der Waals surface area contributed by atoms with E-state index in [1.807, 2.05) is 0 Å². The Morgan fingerprint density at radius 3 is 2.50 bits per heavy atom. The summed E-state index contributed by atoms with van der Waals surface area (Å²) in [6, 6.07) is 4.41. The monoisotopic (exact) mass is 448 g/mol. The number of aromatic nitrogens is 1. The number of halogens is 3. The lowest BCUT2D eigenvalue weighted by Gasteiger charge is -2.37. The van der Waals surface area contributed by atoms with Crippen LogP contribution in [0, 0.1) is 17.7 Å². The SMILES string of the molecule is C[C@@H](NC(=O)c1c[nH]c(=O)cc1NC1[C@@H]2CC[C@H]1CN(C)C2)c1cccc(C(F)F)c1F. The molecule has 1 aliphatic carbocycles. The fraction of sp³-hybridized carbons (Fsp3) is 0.478. The van der Waals surface area contributed by atoms with Crippen molar-refractivity contribution in [3.63, 3.8) is 0 Å². The second-order valence-corrected chi connectivity index (χ2v) is 8.86. The number of carbonyl (C=O) groups excluding carboxylic acids is 1. The predicted octanol–water partition coefficient (Wildman–Crippen LogP) is 3.69. The summed E-state index contributed by atoms with van der Waals surface area (Å²) in [4.78, 5) is 29.8. The van der Waals surface area contributed by atoms with Crippen molar-refractivity contribution in [1.29, 1.82) is 0 Å². The molecule has 0 spiro atoms. The highest BCUT2D eigenvalue weighted by Crippen LogP contribution is 2.38. The van der Waals surface area contributed by atoms with E-state index in [2.05, 4.69) is 27.6 Å². The summed E-state index contributed by atoms with van der Waals surface area (Å²) in [6.07, 6.45) is 0.565. The Morgan fingerprint density at radius 2 is 1.84 bits per heavy atom. The maximum absolute atomic E-state index is 14.5. The number of nitrogens with one attached hydrogen (secondary N) is 3. The van der Waals surface area contributed by atoms with Crippen LogP contribution >= 0.6 is 0 Å². The van der Waals surface area contributed by atoms with Gasteiger partial charge in [0.25, 0.3) is 12.3 Å². The van der Waals surface area contributed by atoms with Crippen molar-refractivity contribution in [1.82, 2.24) is 15.2 Å². The Balaban J connectivity index is 1.55. The lowest BCUT2D eigenvalue weighted by molar-refractivity contribution is 0.0939. The first kappa shape index (κ1) is 22.4. The van der Waals surface area contributed by atoms with Crippen LogP contribution in [0.2, 0.25) is 0 Å². The minimum absolute atomic E-state index is 0.0246. The maximum atomic E-state index is 14.5. The van der Waals surface area contributed by atoms with Crippen molar-refractivity contribution < 1.29 is 18.0 Å². The van der Waals surface area contributed by atoms with Gasteiger partial charge in [-0.25, -0.2) is 13.2 Å². The Hall–Kier alpha value is -2.81. The molecule has 9 heteroatoms. The molecule has 6 nitrogen and oxygen atoms in total. The van der Waals surface area contributed by atoms with Crippen molar-refractivity contribution in [3.8, 4) is 0 Å². The van der Waals surface area contributed by atoms with Crippen LogP contribution in [-0.4, -0.2) is 42.0 Å². The molecule has 4 atom stereocenters. The fourth-order valence-electron chi connectivity index (χ4n) is 5.07. The van der Waals surface area contributed by atoms with E-state index in [0.29, 0.717) is 17.5 Å². The van der Waals surface area contributed by atoms with Crippen LogP contribution in [0.4, 0.5) is 18.9 Å². The summed E-state index contributed by atoms with van der Waals surface area (Å²) in [5, 5.41) is 6.09. The van der Waals surface area contributed by atoms with E-state index in [0.717, 1.165) is 32.0 Å². The van der Waals surface area contributed by atoms with Gasteiger partial charge in [-0.1, -0.05) is 18.2 Å². The van der Waals surface area contributed by atoms with Gasteiger partial charge in [0.15, 0.2) is 0 Å². The topological polar surface area (TPSA) is 77.2 Å². The molecule has 1 aromatic heterocycles. The van der Waals surface area contributed by atoms with Crippen molar-refractivity contribution >= 4 is 11.6 Å². The van der Waals surface area contributed by atoms with Crippen LogP contribution < -0.4 is 16.2 Å². The molecule has 2 bridgehead atoms. The van der Waals surface area contributed by atoms with Gasteiger partial charge in [-0.3, -0.25) is 9.59 Å². The van der Waals surface area contributed by atoms with E-state index in [4.69, 9.17) is 0 Å². The van der Waals surface area contributed by atoms with E-state index >= 15 is 0 Å². The van der Waals surface area contributed by atoms with Crippen LogP contribution in [0.1, 0.15) is 53.7 Å². The van der Waals surface area contributed by atoms with Crippen LogP contribution in [0.15, 0.2) is 35.3 Å². The number of benzene rings is 1. The molecule has 1 aromatic carbocycles. The van der Waals surface area contributed by atoms with Crippen molar-refractivity contribution in [2.45, 2.75) is 38.3 Å². The molecule has 1 saturated carbocycles. The maximum Gasteiger partial charge on any atom is 0.266 e. The zero-order chi connectivity index (χ0) is 23.0. The molecule has 32 heavy (non-hydrogen) atoms. The van der Waals surface area contributed by atoms with E-state index < -0.39 is 29.8 Å². The van der Waals surface area contributed by atoms with Gasteiger partial charge in [0.05, 0.1) is 22.9 Å². The Labute approximate surface area is 184 Å². The van der Waals surface area contributed by atoms with Crippen LogP contribution in [0.25, 0.3) is 0 Å². The third-order valence-electron chi connectivity index (χ3n) is 6.62. The van der Waals surface area contributed by atoms with Crippen molar-refractivity contribution in [2.24, 2.45) is 11.8 Å². The standard InChI is InChI=1S/C23H27F3N4O2/c1-12(15-4-3-5-16(20(15)24)22(25)26)28-23(32)17-9-27-19(31)8-18(17)29-21-13-6-7-14(21)11-30(2)10-13/h3-5,8-9,12-14,21-22H,6-7,10-11H2,1-2H3,(H,28,32)(H2,27,29,31)/t12-,13-,14+,21?/m1/s1. The van der Waals surface area contributed by atoms with Gasteiger partial charge in [-0.2, -0.15) is 0 Å². The van der Waals surface area contributed by atoms with Gasteiger partial charge >= 0.3 is 0 Å². The number of piperidine rings is 1. The third-order valence-corrected chi connectivity index (χ3v) is 6.62. The molecule has 2 aromatic rings. The normalized spacial score (nSPS) is 23.9. The van der Waals surface area contributed by atoms with Gasteiger partial charge in [0.2, 0.25) is 5.56 Å². The minimum atomic E-state index is -2.95. The molecule has 172 valence electrons. The number of nitrogens with zero attached hydrogens (tertiary/aromatic N) is 1. The molecule has 2 fully saturated rings. The number of H-pyrrole nitrogens is 1. The molecule has 0 radical (unpaired) electrons. The molecule has 3 N–H and O–H groups in total. The largest absolute Gasteiger partial charge is 0.381 e. The molecule has 1 aliphatic heterocycles. The number of rotatable bonds is 6. The van der Waals surface area contributed by atoms with Gasteiger partial charge < -0.3 is 20.5 Å². The molecular formula is C23H27F3N4O2. The predicted molar refractivity (Wildman–Crippen MR) is 115 cm³/mol. The number of hydrogen-bond donors (Lipinski definition) is 3. The van der Waals surface area contributed by atoms with E-state index in [1.165, 1.54) is 31.3 Å². The van der Waals surface area contributed by atoms with Gasteiger partial charge in [0, 0.05) is 37.0 Å². The number of amides is 1. The summed E-state index contributed by atoms with van der Waals surface area (Å²) in [6.45, 7) is 3.44. The lowest BCUT2D eigenvalue weighted by atomic mass is 9.92. The smallest absolute Gasteiger partial charge is 0.266 e. The van der Waals surface area contributed by atoms with Crippen LogP contribution in [0.5, 0.6) is 0 Å². The number of hydrogen-bond acceptors (Lipinski definition) is 4. The number of fused-ring (bicyclic) bond motifs is 2. The van der Waals surface area contributed by atoms with E-state index in [1.54, 1.807) is 0 Å². The van der Waals surface area contributed by atoms with Crippen LogP contribution in [-0.2, 0) is 0 Å². The molecule has 1 unspecified atom stereocenters. The average Bonchev–Trinajstić information content (AvgIpc) is 2.96. The molecule has 2 heterocycles. The van der Waals surface area contributed by atoms with E-state index in [-0.39, 0.29) is 22.7 Å². The zero-order valence-corrected chi connectivity index (χ0v) is 18.0. The summed E-state index contributed by atoms with van der Waals surface area (Å²) < 4.78 is 40.6. The van der Waals surface area contributed by atoms with Crippen molar-refractivity contribution in [2.75, 3.05) is 25.5 Å². The fourth-order valence-corrected chi connectivity index (χ4v) is 5.07. The first-order chi connectivity index (χ1) is 15.2. The quantitative estimate of drug-likeness (QED) is 0.630. The summed E-state index contributed by atoms with van der Waals surface area (Å²) in [5.41, 5.74) is -0.420. The van der Waals surface area contributed by atoms with Gasteiger partial charge in [0.1, 0.15) is 5.82 Å². The number of aromatic amines is 1. The third kappa shape index (κ3) is 4.39. The van der Waals surface area contributed by atoms with E-state index in [9.17, 15) is 22.8 Å². The Bertz CT molecular complexity index is 1040. The number of pyridine rings is 1. The molecule has 2 aliphatic rings. The number of carbonyl (C=O) groups is 1. The molecule has 1 amide bonds. The summed E-state index contributed by atoms with van der Waals surface area (Å²) in [5.74, 6) is -0.700. The molecular weight excluding hydrogens is 421 g/mol. The number of anilines is 1. The highest BCUT2D eigenvalue weighted by molar-refractivity contribution is 5.99. The zero-order valence-electron chi connectivity index (χ0n) is 18.0. The second-order valence-electron chi connectivity index (χ2n) is 8.86. The van der Waals surface area contributed by atoms with Gasteiger partial charge in [-0.15, -0.1) is 0 Å². The summed E-state index contributed by atoms with van der Waals surface area (Å²) >= 11 is 0. The number of likely N-dealkylation sites (tertiary alicyclic amines) is 1. The van der Waals surface area contributed by atoms with Crippen molar-refractivity contribution in [3.05, 3.63) is 63.3 Å².